The second-order valence-corrected chi connectivity index (χ2v) is 10.5. The molecule has 1 atom stereocenters. The van der Waals surface area contributed by atoms with Gasteiger partial charge in [-0.15, -0.1) is 0 Å². The largest absolute Gasteiger partial charge is 0.497 e. The Hall–Kier alpha value is -4.37. The summed E-state index contributed by atoms with van der Waals surface area (Å²) in [6, 6.07) is 20.0. The maximum absolute atomic E-state index is 13.8. The molecule has 8 nitrogen and oxygen atoms in total. The number of hydrogen-bond acceptors (Lipinski definition) is 4. The summed E-state index contributed by atoms with van der Waals surface area (Å²) in [5.74, 6) is 0.150. The maximum atomic E-state index is 13.8. The molecule has 3 heterocycles. The van der Waals surface area contributed by atoms with E-state index in [2.05, 4.69) is 10.3 Å². The van der Waals surface area contributed by atoms with Crippen LogP contribution in [-0.4, -0.2) is 65.2 Å². The van der Waals surface area contributed by atoms with E-state index in [1.165, 1.54) is 12.1 Å². The number of anilines is 1. The average molecular weight is 543 g/mol. The van der Waals surface area contributed by atoms with Gasteiger partial charge in [0, 0.05) is 59.0 Å². The summed E-state index contributed by atoms with van der Waals surface area (Å²) in [5, 5.41) is 14.4. The number of piperidine rings is 1. The number of hydrogen-bond donors (Lipinski definition) is 3. The zero-order valence-corrected chi connectivity index (χ0v) is 22.2. The molecule has 2 aliphatic rings. The van der Waals surface area contributed by atoms with Gasteiger partial charge in [0.15, 0.2) is 0 Å². The number of urea groups is 1. The quantitative estimate of drug-likeness (QED) is 0.335. The Morgan fingerprint density at radius 2 is 1.85 bits per heavy atom. The van der Waals surface area contributed by atoms with Gasteiger partial charge in [0.1, 0.15) is 11.6 Å². The lowest BCUT2D eigenvalue weighted by Crippen LogP contribution is -2.56. The van der Waals surface area contributed by atoms with Gasteiger partial charge in [-0.3, -0.25) is 4.79 Å². The summed E-state index contributed by atoms with van der Waals surface area (Å²) in [7, 11) is 1.62. The van der Waals surface area contributed by atoms with Crippen molar-refractivity contribution in [3.8, 4) is 5.75 Å². The Balaban J connectivity index is 1.36. The first-order valence-corrected chi connectivity index (χ1v) is 13.4. The minimum absolute atomic E-state index is 0.146. The second-order valence-electron chi connectivity index (χ2n) is 10.5. The van der Waals surface area contributed by atoms with Crippen molar-refractivity contribution in [2.75, 3.05) is 38.7 Å². The number of carbonyl (C=O) groups excluding carboxylic acids is 2. The Labute approximate surface area is 231 Å². The fraction of sp³-hybridized carbons (Fsp3) is 0.290. The van der Waals surface area contributed by atoms with E-state index in [-0.39, 0.29) is 18.5 Å². The third-order valence-corrected chi connectivity index (χ3v) is 8.29. The van der Waals surface area contributed by atoms with E-state index in [4.69, 9.17) is 4.74 Å². The van der Waals surface area contributed by atoms with Crippen molar-refractivity contribution in [1.82, 2.24) is 14.8 Å². The molecule has 1 saturated heterocycles. The minimum Gasteiger partial charge on any atom is -0.497 e. The monoisotopic (exact) mass is 542 g/mol. The molecule has 1 spiro atoms. The van der Waals surface area contributed by atoms with Crippen LogP contribution in [0.3, 0.4) is 0 Å². The molecule has 4 aromatic rings. The molecule has 1 fully saturated rings. The molecule has 0 saturated carbocycles. The highest BCUT2D eigenvalue weighted by Crippen LogP contribution is 2.49. The number of methoxy groups -OCH3 is 1. The third kappa shape index (κ3) is 4.46. The molecule has 9 heteroatoms. The number of rotatable bonds is 4. The number of nitrogens with zero attached hydrogens (tertiary/aromatic N) is 2. The summed E-state index contributed by atoms with van der Waals surface area (Å²) in [4.78, 5) is 33.9. The van der Waals surface area contributed by atoms with Crippen molar-refractivity contribution in [1.29, 1.82) is 0 Å². The smallest absolute Gasteiger partial charge is 0.321 e. The van der Waals surface area contributed by atoms with Crippen LogP contribution in [0.1, 0.15) is 40.5 Å². The number of aliphatic hydroxyl groups excluding tert-OH is 1. The number of aromatic nitrogens is 1. The molecule has 6 rings (SSSR count). The standard InChI is InChI=1S/C31H31FN4O4/c1-40-23-10-11-24-25(17-23)34-28-26(18-37)36(29(38)20-6-3-2-4-7-20)19-31(27(24)28)12-14-35(15-13-31)30(39)33-22-9-5-8-21(32)16-22/h2-11,16-17,26,34,37H,12-15,18-19H2,1H3,(H,33,39)/t26-/m1/s1. The summed E-state index contributed by atoms with van der Waals surface area (Å²) in [6.07, 6.45) is 1.23. The van der Waals surface area contributed by atoms with Crippen molar-refractivity contribution >= 4 is 28.5 Å². The van der Waals surface area contributed by atoms with Gasteiger partial charge in [-0.1, -0.05) is 24.3 Å². The van der Waals surface area contributed by atoms with Crippen LogP contribution in [-0.2, 0) is 5.41 Å². The first kappa shape index (κ1) is 25.9. The van der Waals surface area contributed by atoms with Crippen LogP contribution in [0.2, 0.25) is 0 Å². The van der Waals surface area contributed by atoms with Crippen LogP contribution >= 0.6 is 0 Å². The van der Waals surface area contributed by atoms with E-state index in [0.29, 0.717) is 49.5 Å². The van der Waals surface area contributed by atoms with Crippen molar-refractivity contribution < 1.29 is 23.8 Å². The molecule has 2 aliphatic heterocycles. The van der Waals surface area contributed by atoms with Gasteiger partial charge >= 0.3 is 6.03 Å². The van der Waals surface area contributed by atoms with Crippen LogP contribution in [0.25, 0.3) is 10.9 Å². The van der Waals surface area contributed by atoms with Crippen molar-refractivity contribution in [3.63, 3.8) is 0 Å². The van der Waals surface area contributed by atoms with Crippen molar-refractivity contribution in [2.24, 2.45) is 0 Å². The molecule has 0 radical (unpaired) electrons. The first-order valence-electron chi connectivity index (χ1n) is 13.4. The van der Waals surface area contributed by atoms with Gasteiger partial charge in [0.05, 0.1) is 19.8 Å². The Kier molecular flexibility index (Phi) is 6.67. The van der Waals surface area contributed by atoms with Crippen molar-refractivity contribution in [2.45, 2.75) is 24.3 Å². The number of H-pyrrole nitrogens is 1. The molecule has 0 unspecified atom stereocenters. The fourth-order valence-electron chi connectivity index (χ4n) is 6.28. The van der Waals surface area contributed by atoms with E-state index in [0.717, 1.165) is 22.2 Å². The van der Waals surface area contributed by atoms with Gasteiger partial charge in [-0.2, -0.15) is 0 Å². The van der Waals surface area contributed by atoms with Crippen LogP contribution in [0.4, 0.5) is 14.9 Å². The number of benzene rings is 3. The lowest BCUT2D eigenvalue weighted by molar-refractivity contribution is 0.0371. The zero-order valence-electron chi connectivity index (χ0n) is 22.2. The number of likely N-dealkylation sites (tertiary alicyclic amines) is 1. The van der Waals surface area contributed by atoms with Crippen LogP contribution in [0.5, 0.6) is 5.75 Å². The maximum Gasteiger partial charge on any atom is 0.321 e. The van der Waals surface area contributed by atoms with E-state index in [9.17, 15) is 19.1 Å². The highest BCUT2D eigenvalue weighted by Gasteiger charge is 2.49. The van der Waals surface area contributed by atoms with Crippen molar-refractivity contribution in [3.05, 3.63) is 95.4 Å². The molecular weight excluding hydrogens is 511 g/mol. The molecule has 206 valence electrons. The summed E-state index contributed by atoms with van der Waals surface area (Å²) in [6.45, 7) is 1.10. The number of amides is 3. The first-order chi connectivity index (χ1) is 19.4. The molecule has 1 aromatic heterocycles. The molecule has 3 amide bonds. The Morgan fingerprint density at radius 3 is 2.55 bits per heavy atom. The van der Waals surface area contributed by atoms with E-state index in [1.807, 2.05) is 36.4 Å². The molecule has 40 heavy (non-hydrogen) atoms. The van der Waals surface area contributed by atoms with Gasteiger partial charge in [-0.25, -0.2) is 9.18 Å². The zero-order chi connectivity index (χ0) is 27.9. The molecule has 0 bridgehead atoms. The number of nitrogens with one attached hydrogen (secondary N) is 2. The highest BCUT2D eigenvalue weighted by molar-refractivity contribution is 5.96. The normalized spacial score (nSPS) is 18.0. The number of ether oxygens (including phenoxy) is 1. The van der Waals surface area contributed by atoms with Gasteiger partial charge < -0.3 is 29.9 Å². The molecule has 3 N–H and O–H groups in total. The number of aliphatic hydroxyl groups is 1. The number of fused-ring (bicyclic) bond motifs is 4. The van der Waals surface area contributed by atoms with E-state index in [1.54, 1.807) is 41.2 Å². The lowest BCUT2D eigenvalue weighted by Gasteiger charge is -2.50. The SMILES string of the molecule is COc1ccc2c3c([nH]c2c1)[C@@H](CO)N(C(=O)c1ccccc1)CC31CCN(C(=O)Nc2cccc(F)c2)CC1. The number of halogens is 1. The fourth-order valence-corrected chi connectivity index (χ4v) is 6.28. The van der Waals surface area contributed by atoms with Crippen LogP contribution < -0.4 is 10.1 Å². The van der Waals surface area contributed by atoms with E-state index >= 15 is 0 Å². The topological polar surface area (TPSA) is 97.9 Å². The molecular formula is C31H31FN4O4. The lowest BCUT2D eigenvalue weighted by atomic mass is 9.68. The summed E-state index contributed by atoms with van der Waals surface area (Å²) >= 11 is 0. The van der Waals surface area contributed by atoms with Gasteiger partial charge in [0.2, 0.25) is 0 Å². The number of aromatic amines is 1. The predicted octanol–water partition coefficient (Wildman–Crippen LogP) is 5.07. The molecule has 3 aromatic carbocycles. The van der Waals surface area contributed by atoms with Gasteiger partial charge in [-0.05, 0) is 60.9 Å². The summed E-state index contributed by atoms with van der Waals surface area (Å²) in [5.41, 5.74) is 3.31. The molecule has 0 aliphatic carbocycles. The van der Waals surface area contributed by atoms with Gasteiger partial charge in [0.25, 0.3) is 5.91 Å². The number of carbonyl (C=O) groups is 2. The predicted molar refractivity (Wildman–Crippen MR) is 150 cm³/mol. The van der Waals surface area contributed by atoms with E-state index < -0.39 is 17.3 Å². The second kappa shape index (κ2) is 10.3. The minimum atomic E-state index is -0.541. The average Bonchev–Trinajstić information content (AvgIpc) is 3.37. The third-order valence-electron chi connectivity index (χ3n) is 8.29. The summed E-state index contributed by atoms with van der Waals surface area (Å²) < 4.78 is 19.1. The Bertz CT molecular complexity index is 1560. The highest BCUT2D eigenvalue weighted by atomic mass is 19.1. The van der Waals surface area contributed by atoms with Crippen LogP contribution in [0, 0.1) is 5.82 Å². The Morgan fingerprint density at radius 1 is 1.07 bits per heavy atom. The van der Waals surface area contributed by atoms with Crippen LogP contribution in [0.15, 0.2) is 72.8 Å².